The summed E-state index contributed by atoms with van der Waals surface area (Å²) in [4.78, 5) is 24.0. The lowest BCUT2D eigenvalue weighted by Gasteiger charge is -2.19. The van der Waals surface area contributed by atoms with E-state index in [4.69, 9.17) is 5.11 Å². The normalized spacial score (nSPS) is 17.8. The van der Waals surface area contributed by atoms with Gasteiger partial charge in [0.1, 0.15) is 4.90 Å². The Morgan fingerprint density at radius 1 is 1.38 bits per heavy atom. The summed E-state index contributed by atoms with van der Waals surface area (Å²) in [6, 6.07) is 0. The number of hydrogen-bond donors (Lipinski definition) is 2. The molecule has 0 spiro atoms. The summed E-state index contributed by atoms with van der Waals surface area (Å²) in [5.74, 6) is -1.76. The molecule has 1 amide bonds. The van der Waals surface area contributed by atoms with E-state index in [1.54, 1.807) is 7.05 Å². The van der Waals surface area contributed by atoms with E-state index in [9.17, 15) is 18.0 Å². The Hall–Kier alpha value is -1.94. The molecule has 21 heavy (non-hydrogen) atoms. The topological polar surface area (TPSA) is 124 Å². The number of aromatic carboxylic acids is 1. The third kappa shape index (κ3) is 2.76. The molecule has 1 aliphatic heterocycles. The molecule has 2 N–H and O–H groups in total. The fourth-order valence-corrected chi connectivity index (χ4v) is 3.89. The summed E-state index contributed by atoms with van der Waals surface area (Å²) in [6.45, 7) is 1.74. The van der Waals surface area contributed by atoms with E-state index in [-0.39, 0.29) is 29.6 Å². The molecule has 0 aromatic carbocycles. The molecule has 116 valence electrons. The van der Waals surface area contributed by atoms with E-state index in [2.05, 4.69) is 10.2 Å². The molecule has 1 saturated heterocycles. The number of likely N-dealkylation sites (N-methyl/N-ethyl adjacent to an activating group) is 1. The van der Waals surface area contributed by atoms with E-state index < -0.39 is 21.7 Å². The number of aryl methyl sites for hydroxylation is 1. The molecule has 0 unspecified atom stereocenters. The number of carboxylic acid groups (broad SMARTS) is 1. The van der Waals surface area contributed by atoms with Crippen LogP contribution in [0.25, 0.3) is 0 Å². The van der Waals surface area contributed by atoms with Crippen molar-refractivity contribution in [3.63, 3.8) is 0 Å². The second kappa shape index (κ2) is 5.45. The summed E-state index contributed by atoms with van der Waals surface area (Å²) in [5, 5.41) is 14.9. The monoisotopic (exact) mass is 316 g/mol. The molecule has 1 aromatic rings. The van der Waals surface area contributed by atoms with Crippen molar-refractivity contribution in [3.05, 3.63) is 11.4 Å². The second-order valence-corrected chi connectivity index (χ2v) is 6.71. The highest BCUT2D eigenvalue weighted by Crippen LogP contribution is 2.23. The average Bonchev–Trinajstić information content (AvgIpc) is 2.71. The van der Waals surface area contributed by atoms with E-state index in [1.807, 2.05) is 0 Å². The number of H-pyrrole nitrogens is 1. The number of hydrogen-bond acceptors (Lipinski definition) is 5. The Labute approximate surface area is 121 Å². The molecule has 2 rings (SSSR count). The van der Waals surface area contributed by atoms with Crippen LogP contribution >= 0.6 is 0 Å². The van der Waals surface area contributed by atoms with Gasteiger partial charge in [-0.3, -0.25) is 9.89 Å². The van der Waals surface area contributed by atoms with Gasteiger partial charge in [0.25, 0.3) is 0 Å². The predicted octanol–water partition coefficient (Wildman–Crippen LogP) is -0.731. The standard InChI is InChI=1S/C11H16N4O5S/c1-7-10(9(11(17)18)13-12-7)21(19,20)15-5-3-4-14(2)8(16)6-15/h3-6H2,1-2H3,(H,12,13)(H,17,18). The average molecular weight is 316 g/mol. The summed E-state index contributed by atoms with van der Waals surface area (Å²) in [7, 11) is -2.49. The van der Waals surface area contributed by atoms with Gasteiger partial charge in [0.15, 0.2) is 5.69 Å². The molecule has 0 atom stereocenters. The maximum Gasteiger partial charge on any atom is 0.357 e. The fourth-order valence-electron chi connectivity index (χ4n) is 2.17. The van der Waals surface area contributed by atoms with Crippen LogP contribution in [0.2, 0.25) is 0 Å². The van der Waals surface area contributed by atoms with Gasteiger partial charge in [0, 0.05) is 20.1 Å². The fraction of sp³-hybridized carbons (Fsp3) is 0.545. The van der Waals surface area contributed by atoms with Crippen molar-refractivity contribution in [1.29, 1.82) is 0 Å². The summed E-state index contributed by atoms with van der Waals surface area (Å²) in [6.07, 6.45) is 0.487. The number of nitrogens with zero attached hydrogens (tertiary/aromatic N) is 3. The van der Waals surface area contributed by atoms with Gasteiger partial charge in [-0.2, -0.15) is 9.40 Å². The number of nitrogens with one attached hydrogen (secondary N) is 1. The van der Waals surface area contributed by atoms with E-state index in [0.29, 0.717) is 13.0 Å². The van der Waals surface area contributed by atoms with Crippen molar-refractivity contribution in [2.45, 2.75) is 18.2 Å². The zero-order valence-corrected chi connectivity index (χ0v) is 12.5. The van der Waals surface area contributed by atoms with Crippen molar-refractivity contribution in [2.24, 2.45) is 0 Å². The molecule has 0 radical (unpaired) electrons. The first kappa shape index (κ1) is 15.4. The molecule has 2 heterocycles. The molecule has 0 saturated carbocycles. The lowest BCUT2D eigenvalue weighted by Crippen LogP contribution is -2.38. The minimum atomic E-state index is -4.09. The number of aromatic amines is 1. The minimum absolute atomic E-state index is 0.137. The highest BCUT2D eigenvalue weighted by molar-refractivity contribution is 7.89. The first-order valence-corrected chi connectivity index (χ1v) is 7.71. The van der Waals surface area contributed by atoms with Crippen molar-refractivity contribution in [2.75, 3.05) is 26.7 Å². The van der Waals surface area contributed by atoms with Gasteiger partial charge in [-0.1, -0.05) is 0 Å². The zero-order valence-electron chi connectivity index (χ0n) is 11.7. The first-order chi connectivity index (χ1) is 9.75. The maximum atomic E-state index is 12.6. The van der Waals surface area contributed by atoms with Crippen LogP contribution in [0.4, 0.5) is 0 Å². The van der Waals surface area contributed by atoms with Gasteiger partial charge in [0.05, 0.1) is 12.2 Å². The van der Waals surface area contributed by atoms with Crippen molar-refractivity contribution < 1.29 is 23.1 Å². The van der Waals surface area contributed by atoms with E-state index in [0.717, 1.165) is 4.31 Å². The molecule has 10 heteroatoms. The summed E-state index contributed by atoms with van der Waals surface area (Å²) < 4.78 is 26.3. The molecular formula is C11H16N4O5S. The van der Waals surface area contributed by atoms with Crippen LogP contribution < -0.4 is 0 Å². The highest BCUT2D eigenvalue weighted by atomic mass is 32.2. The minimum Gasteiger partial charge on any atom is -0.476 e. The van der Waals surface area contributed by atoms with E-state index in [1.165, 1.54) is 11.8 Å². The van der Waals surface area contributed by atoms with Crippen molar-refractivity contribution in [3.8, 4) is 0 Å². The molecular weight excluding hydrogens is 300 g/mol. The molecule has 1 aromatic heterocycles. The number of amides is 1. The van der Waals surface area contributed by atoms with Crippen LogP contribution in [0.15, 0.2) is 4.90 Å². The van der Waals surface area contributed by atoms with Gasteiger partial charge in [-0.15, -0.1) is 0 Å². The Kier molecular flexibility index (Phi) is 4.01. The summed E-state index contributed by atoms with van der Waals surface area (Å²) >= 11 is 0. The molecule has 9 nitrogen and oxygen atoms in total. The van der Waals surface area contributed by atoms with Crippen molar-refractivity contribution in [1.82, 2.24) is 19.4 Å². The lowest BCUT2D eigenvalue weighted by atomic mass is 10.4. The van der Waals surface area contributed by atoms with Crippen LogP contribution in [-0.2, 0) is 14.8 Å². The Morgan fingerprint density at radius 3 is 2.67 bits per heavy atom. The third-order valence-corrected chi connectivity index (χ3v) is 5.34. The zero-order chi connectivity index (χ0) is 15.8. The van der Waals surface area contributed by atoms with Crippen molar-refractivity contribution >= 4 is 21.9 Å². The number of carboxylic acids is 1. The first-order valence-electron chi connectivity index (χ1n) is 6.27. The molecule has 1 fully saturated rings. The Bertz CT molecular complexity index is 681. The number of aromatic nitrogens is 2. The quantitative estimate of drug-likeness (QED) is 0.757. The smallest absolute Gasteiger partial charge is 0.357 e. The second-order valence-electron chi connectivity index (χ2n) is 4.84. The molecule has 1 aliphatic rings. The Morgan fingerprint density at radius 2 is 2.05 bits per heavy atom. The van der Waals surface area contributed by atoms with Crippen LogP contribution in [0, 0.1) is 6.92 Å². The maximum absolute atomic E-state index is 12.6. The van der Waals surface area contributed by atoms with Gasteiger partial charge in [-0.25, -0.2) is 13.2 Å². The number of sulfonamides is 1. The number of carbonyl (C=O) groups is 2. The van der Waals surface area contributed by atoms with Gasteiger partial charge >= 0.3 is 5.97 Å². The van der Waals surface area contributed by atoms with Crippen LogP contribution in [0.5, 0.6) is 0 Å². The SMILES string of the molecule is Cc1[nH]nc(C(=O)O)c1S(=O)(=O)N1CCCN(C)C(=O)C1. The third-order valence-electron chi connectivity index (χ3n) is 3.33. The number of carbonyl (C=O) groups excluding carboxylic acids is 1. The molecule has 0 bridgehead atoms. The lowest BCUT2D eigenvalue weighted by molar-refractivity contribution is -0.129. The summed E-state index contributed by atoms with van der Waals surface area (Å²) in [5.41, 5.74) is -0.421. The highest BCUT2D eigenvalue weighted by Gasteiger charge is 2.35. The van der Waals surface area contributed by atoms with Crippen LogP contribution in [-0.4, -0.2) is 71.5 Å². The number of rotatable bonds is 3. The van der Waals surface area contributed by atoms with E-state index >= 15 is 0 Å². The largest absolute Gasteiger partial charge is 0.476 e. The van der Waals surface area contributed by atoms with Crippen LogP contribution in [0.3, 0.4) is 0 Å². The van der Waals surface area contributed by atoms with Gasteiger partial charge in [0.2, 0.25) is 15.9 Å². The van der Waals surface area contributed by atoms with Gasteiger partial charge in [-0.05, 0) is 13.3 Å². The predicted molar refractivity (Wildman–Crippen MR) is 71.3 cm³/mol. The molecule has 0 aliphatic carbocycles. The van der Waals surface area contributed by atoms with Gasteiger partial charge < -0.3 is 10.0 Å². The van der Waals surface area contributed by atoms with Crippen LogP contribution in [0.1, 0.15) is 22.6 Å². The Balaban J connectivity index is 2.45.